The number of nitrogens with zero attached hydrogens (tertiary/aromatic N) is 2. The van der Waals surface area contributed by atoms with Gasteiger partial charge < -0.3 is 15.1 Å². The van der Waals surface area contributed by atoms with Gasteiger partial charge in [0.15, 0.2) is 9.84 Å². The first-order valence-electron chi connectivity index (χ1n) is 11.1. The minimum absolute atomic E-state index is 0.0567. The number of benzene rings is 3. The summed E-state index contributed by atoms with van der Waals surface area (Å²) in [4.78, 5) is 29.3. The van der Waals surface area contributed by atoms with Gasteiger partial charge in [0, 0.05) is 43.1 Å². The molecule has 4 rings (SSSR count). The number of carbonyl (C=O) groups excluding carboxylic acids is 2. The second kappa shape index (κ2) is 10.1. The third kappa shape index (κ3) is 5.46. The molecule has 0 bridgehead atoms. The minimum Gasteiger partial charge on any atom is -0.368 e. The van der Waals surface area contributed by atoms with Crippen LogP contribution in [0.2, 0.25) is 0 Å². The molecule has 0 aliphatic carbocycles. The Morgan fingerprint density at radius 1 is 0.824 bits per heavy atom. The zero-order valence-electron chi connectivity index (χ0n) is 19.0. The Morgan fingerprint density at radius 3 is 2.09 bits per heavy atom. The van der Waals surface area contributed by atoms with E-state index in [9.17, 15) is 18.0 Å². The summed E-state index contributed by atoms with van der Waals surface area (Å²) >= 11 is 0. The zero-order valence-corrected chi connectivity index (χ0v) is 19.8. The Bertz CT molecular complexity index is 1270. The SMILES string of the molecule is Cc1ccccc1C(=O)N1CCN(c2ccc(NC(=O)CS(=O)(=O)c3ccccc3)cc2)CC1. The third-order valence-corrected chi connectivity index (χ3v) is 7.51. The summed E-state index contributed by atoms with van der Waals surface area (Å²) in [6.07, 6.45) is 0. The number of anilines is 2. The Morgan fingerprint density at radius 2 is 1.44 bits per heavy atom. The number of nitrogens with one attached hydrogen (secondary N) is 1. The quantitative estimate of drug-likeness (QED) is 0.588. The van der Waals surface area contributed by atoms with Crippen molar-refractivity contribution in [3.8, 4) is 0 Å². The summed E-state index contributed by atoms with van der Waals surface area (Å²) in [5.74, 6) is -1.14. The van der Waals surface area contributed by atoms with Gasteiger partial charge in [0.2, 0.25) is 5.91 Å². The van der Waals surface area contributed by atoms with E-state index in [4.69, 9.17) is 0 Å². The number of hydrogen-bond donors (Lipinski definition) is 1. The van der Waals surface area contributed by atoms with Crippen LogP contribution in [0.15, 0.2) is 83.8 Å². The highest BCUT2D eigenvalue weighted by molar-refractivity contribution is 7.92. The predicted molar refractivity (Wildman–Crippen MR) is 133 cm³/mol. The molecule has 0 atom stereocenters. The van der Waals surface area contributed by atoms with Crippen LogP contribution in [0.1, 0.15) is 15.9 Å². The lowest BCUT2D eigenvalue weighted by molar-refractivity contribution is -0.113. The van der Waals surface area contributed by atoms with E-state index in [-0.39, 0.29) is 10.8 Å². The minimum atomic E-state index is -3.69. The van der Waals surface area contributed by atoms with Gasteiger partial charge in [-0.15, -0.1) is 0 Å². The molecule has 1 heterocycles. The van der Waals surface area contributed by atoms with E-state index >= 15 is 0 Å². The van der Waals surface area contributed by atoms with E-state index in [0.717, 1.165) is 16.8 Å². The van der Waals surface area contributed by atoms with Gasteiger partial charge in [-0.3, -0.25) is 9.59 Å². The van der Waals surface area contributed by atoms with Gasteiger partial charge >= 0.3 is 0 Å². The molecule has 0 aromatic heterocycles. The van der Waals surface area contributed by atoms with E-state index in [1.165, 1.54) is 12.1 Å². The summed E-state index contributed by atoms with van der Waals surface area (Å²) in [5, 5.41) is 2.65. The highest BCUT2D eigenvalue weighted by atomic mass is 32.2. The third-order valence-electron chi connectivity index (χ3n) is 5.88. The van der Waals surface area contributed by atoms with Gasteiger partial charge in [-0.2, -0.15) is 0 Å². The molecule has 1 saturated heterocycles. The van der Waals surface area contributed by atoms with Gasteiger partial charge in [-0.1, -0.05) is 36.4 Å². The van der Waals surface area contributed by atoms with Crippen LogP contribution in [-0.2, 0) is 14.6 Å². The summed E-state index contributed by atoms with van der Waals surface area (Å²) in [6, 6.07) is 22.8. The lowest BCUT2D eigenvalue weighted by Crippen LogP contribution is -2.48. The lowest BCUT2D eigenvalue weighted by atomic mass is 10.1. The number of hydrogen-bond acceptors (Lipinski definition) is 5. The summed E-state index contributed by atoms with van der Waals surface area (Å²) in [6.45, 7) is 4.62. The van der Waals surface area contributed by atoms with Crippen molar-refractivity contribution < 1.29 is 18.0 Å². The topological polar surface area (TPSA) is 86.8 Å². The number of rotatable bonds is 6. The van der Waals surface area contributed by atoms with Gasteiger partial charge in [-0.05, 0) is 55.0 Å². The second-order valence-corrected chi connectivity index (χ2v) is 10.3. The van der Waals surface area contributed by atoms with Crippen molar-refractivity contribution in [1.82, 2.24) is 4.90 Å². The molecule has 0 unspecified atom stereocenters. The van der Waals surface area contributed by atoms with E-state index in [0.29, 0.717) is 31.9 Å². The molecule has 1 aliphatic heterocycles. The van der Waals surface area contributed by atoms with Crippen LogP contribution in [0, 0.1) is 6.92 Å². The zero-order chi connectivity index (χ0) is 24.1. The normalized spacial score (nSPS) is 14.0. The number of amides is 2. The molecule has 1 N–H and O–H groups in total. The van der Waals surface area contributed by atoms with Crippen molar-refractivity contribution in [3.63, 3.8) is 0 Å². The van der Waals surface area contributed by atoms with E-state index in [1.54, 1.807) is 30.3 Å². The smallest absolute Gasteiger partial charge is 0.254 e. The molecule has 3 aromatic carbocycles. The first-order valence-corrected chi connectivity index (χ1v) is 12.8. The lowest BCUT2D eigenvalue weighted by Gasteiger charge is -2.36. The standard InChI is InChI=1S/C26H27N3O4S/c1-20-7-5-6-10-24(20)26(31)29-17-15-28(16-18-29)22-13-11-21(12-14-22)27-25(30)19-34(32,33)23-8-3-2-4-9-23/h2-14H,15-19H2,1H3,(H,27,30). The van der Waals surface area contributed by atoms with Crippen molar-refractivity contribution in [2.45, 2.75) is 11.8 Å². The molecule has 1 aliphatic rings. The van der Waals surface area contributed by atoms with E-state index in [1.807, 2.05) is 48.2 Å². The monoisotopic (exact) mass is 477 g/mol. The van der Waals surface area contributed by atoms with Gasteiger partial charge in [0.1, 0.15) is 5.75 Å². The predicted octanol–water partition coefficient (Wildman–Crippen LogP) is 3.37. The largest absolute Gasteiger partial charge is 0.368 e. The molecular weight excluding hydrogens is 450 g/mol. The van der Waals surface area contributed by atoms with Crippen LogP contribution in [0.4, 0.5) is 11.4 Å². The van der Waals surface area contributed by atoms with Crippen LogP contribution in [0.5, 0.6) is 0 Å². The molecular formula is C26H27N3O4S. The highest BCUT2D eigenvalue weighted by Gasteiger charge is 2.23. The first kappa shape index (κ1) is 23.5. The van der Waals surface area contributed by atoms with Crippen molar-refractivity contribution in [1.29, 1.82) is 0 Å². The van der Waals surface area contributed by atoms with Crippen molar-refractivity contribution in [3.05, 3.63) is 90.0 Å². The van der Waals surface area contributed by atoms with Crippen LogP contribution in [-0.4, -0.2) is 57.1 Å². The maximum absolute atomic E-state index is 12.8. The fourth-order valence-electron chi connectivity index (χ4n) is 3.99. The molecule has 34 heavy (non-hydrogen) atoms. The van der Waals surface area contributed by atoms with Crippen LogP contribution >= 0.6 is 0 Å². The van der Waals surface area contributed by atoms with Crippen LogP contribution < -0.4 is 10.2 Å². The van der Waals surface area contributed by atoms with E-state index < -0.39 is 21.5 Å². The van der Waals surface area contributed by atoms with Crippen LogP contribution in [0.3, 0.4) is 0 Å². The second-order valence-electron chi connectivity index (χ2n) is 8.26. The Kier molecular flexibility index (Phi) is 6.98. The molecule has 0 saturated carbocycles. The van der Waals surface area contributed by atoms with Crippen LogP contribution in [0.25, 0.3) is 0 Å². The van der Waals surface area contributed by atoms with Crippen molar-refractivity contribution in [2.24, 2.45) is 0 Å². The van der Waals surface area contributed by atoms with Gasteiger partial charge in [0.25, 0.3) is 5.91 Å². The number of carbonyl (C=O) groups is 2. The highest BCUT2D eigenvalue weighted by Crippen LogP contribution is 2.21. The first-order chi connectivity index (χ1) is 16.3. The molecule has 0 spiro atoms. The average molecular weight is 478 g/mol. The fourth-order valence-corrected chi connectivity index (χ4v) is 5.14. The maximum Gasteiger partial charge on any atom is 0.254 e. The summed E-state index contributed by atoms with van der Waals surface area (Å²) in [5.41, 5.74) is 3.23. The van der Waals surface area contributed by atoms with Crippen molar-refractivity contribution >= 4 is 33.0 Å². The maximum atomic E-state index is 12.8. The Labute approximate surface area is 199 Å². The average Bonchev–Trinajstić information content (AvgIpc) is 2.85. The summed E-state index contributed by atoms with van der Waals surface area (Å²) in [7, 11) is -3.69. The molecule has 0 radical (unpaired) electrons. The molecule has 176 valence electrons. The Balaban J connectivity index is 1.31. The van der Waals surface area contributed by atoms with Gasteiger partial charge in [-0.25, -0.2) is 8.42 Å². The molecule has 8 heteroatoms. The Hall–Kier alpha value is -3.65. The fraction of sp³-hybridized carbons (Fsp3) is 0.231. The number of sulfone groups is 1. The molecule has 7 nitrogen and oxygen atoms in total. The van der Waals surface area contributed by atoms with Gasteiger partial charge in [0.05, 0.1) is 4.90 Å². The summed E-state index contributed by atoms with van der Waals surface area (Å²) < 4.78 is 24.8. The van der Waals surface area contributed by atoms with Crippen molar-refractivity contribution in [2.75, 3.05) is 42.1 Å². The molecule has 3 aromatic rings. The number of aryl methyl sites for hydroxylation is 1. The molecule has 1 fully saturated rings. The van der Waals surface area contributed by atoms with E-state index in [2.05, 4.69) is 10.2 Å². The molecule has 2 amide bonds. The number of piperazine rings is 1.